The van der Waals surface area contributed by atoms with Gasteiger partial charge in [0.2, 0.25) is 0 Å². The summed E-state index contributed by atoms with van der Waals surface area (Å²) in [4.78, 5) is 11.0. The Balaban J connectivity index is 1.79. The summed E-state index contributed by atoms with van der Waals surface area (Å²) in [6, 6.07) is 24.5. The molecule has 3 aromatic carbocycles. The zero-order chi connectivity index (χ0) is 19.4. The Kier molecular flexibility index (Phi) is 6.49. The van der Waals surface area contributed by atoms with E-state index in [1.807, 2.05) is 60.7 Å². The van der Waals surface area contributed by atoms with Crippen molar-refractivity contribution < 1.29 is 4.79 Å². The van der Waals surface area contributed by atoms with Gasteiger partial charge in [0, 0.05) is 27.8 Å². The van der Waals surface area contributed by atoms with Crippen molar-refractivity contribution in [3.05, 3.63) is 107 Å². The third-order valence-electron chi connectivity index (χ3n) is 3.71. The minimum Gasteiger partial charge on any atom is -0.298 e. The van der Waals surface area contributed by atoms with Gasteiger partial charge in [-0.05, 0) is 54.0 Å². The molecule has 0 aliphatic rings. The fourth-order valence-corrected chi connectivity index (χ4v) is 2.34. The molecule has 0 atom stereocenters. The van der Waals surface area contributed by atoms with Crippen LogP contribution in [0.5, 0.6) is 0 Å². The molecule has 0 heterocycles. The number of carbonyl (C=O) groups excluding carboxylic acids is 1. The zero-order valence-electron chi connectivity index (χ0n) is 15.0. The minimum atomic E-state index is 0.556. The Hall–Kier alpha value is -4.43. The summed E-state index contributed by atoms with van der Waals surface area (Å²) in [5.74, 6) is 23.3. The van der Waals surface area contributed by atoms with Gasteiger partial charge in [0.15, 0.2) is 6.29 Å². The van der Waals surface area contributed by atoms with Crippen LogP contribution in [0.1, 0.15) is 32.6 Å². The van der Waals surface area contributed by atoms with Crippen LogP contribution in [0.2, 0.25) is 0 Å². The molecule has 3 aromatic rings. The van der Waals surface area contributed by atoms with Crippen LogP contribution < -0.4 is 0 Å². The lowest BCUT2D eigenvalue weighted by Crippen LogP contribution is -1.85. The van der Waals surface area contributed by atoms with Gasteiger partial charge in [-0.2, -0.15) is 0 Å². The van der Waals surface area contributed by atoms with Gasteiger partial charge in [-0.15, -0.1) is 0 Å². The van der Waals surface area contributed by atoms with Crippen molar-refractivity contribution in [2.75, 3.05) is 0 Å². The van der Waals surface area contributed by atoms with Crippen molar-refractivity contribution >= 4 is 6.29 Å². The second kappa shape index (κ2) is 9.90. The summed E-state index contributed by atoms with van der Waals surface area (Å²) in [6.07, 6.45) is 0.790. The minimum absolute atomic E-state index is 0.556. The monoisotopic (exact) mass is 354 g/mol. The predicted molar refractivity (Wildman–Crippen MR) is 112 cm³/mol. The molecule has 0 aliphatic carbocycles. The number of carbonyl (C=O) groups is 1. The van der Waals surface area contributed by atoms with Crippen LogP contribution in [0.4, 0.5) is 0 Å². The van der Waals surface area contributed by atoms with E-state index in [4.69, 9.17) is 0 Å². The van der Waals surface area contributed by atoms with Crippen molar-refractivity contribution in [1.82, 2.24) is 0 Å². The molecule has 1 heteroatoms. The van der Waals surface area contributed by atoms with Gasteiger partial charge >= 0.3 is 0 Å². The van der Waals surface area contributed by atoms with Crippen molar-refractivity contribution in [2.45, 2.75) is 0 Å². The first-order chi connectivity index (χ1) is 13.9. The first-order valence-corrected chi connectivity index (χ1v) is 8.59. The first-order valence-electron chi connectivity index (χ1n) is 8.59. The van der Waals surface area contributed by atoms with Crippen LogP contribution in [0.25, 0.3) is 0 Å². The van der Waals surface area contributed by atoms with Gasteiger partial charge in [-0.1, -0.05) is 72.2 Å². The fraction of sp³-hybridized carbons (Fsp3) is 0. The summed E-state index contributed by atoms with van der Waals surface area (Å²) >= 11 is 0. The van der Waals surface area contributed by atoms with Crippen molar-refractivity contribution in [1.29, 1.82) is 0 Å². The maximum atomic E-state index is 11.0. The molecule has 128 valence electrons. The molecule has 3 rings (SSSR count). The lowest BCUT2D eigenvalue weighted by atomic mass is 10.1. The summed E-state index contributed by atoms with van der Waals surface area (Å²) in [7, 11) is 0. The van der Waals surface area contributed by atoms with Crippen LogP contribution >= 0.6 is 0 Å². The molecule has 0 saturated carbocycles. The van der Waals surface area contributed by atoms with Gasteiger partial charge in [0.05, 0.1) is 0 Å². The molecule has 0 aromatic heterocycles. The van der Waals surface area contributed by atoms with E-state index in [2.05, 4.69) is 47.4 Å². The van der Waals surface area contributed by atoms with Crippen LogP contribution in [0, 0.1) is 47.4 Å². The Bertz CT molecular complexity index is 1240. The summed E-state index contributed by atoms with van der Waals surface area (Å²) in [5, 5.41) is 0. The van der Waals surface area contributed by atoms with E-state index in [1.165, 1.54) is 0 Å². The van der Waals surface area contributed by atoms with E-state index in [0.717, 1.165) is 23.0 Å². The van der Waals surface area contributed by atoms with E-state index in [0.29, 0.717) is 11.1 Å². The van der Waals surface area contributed by atoms with E-state index in [-0.39, 0.29) is 0 Å². The average molecular weight is 354 g/mol. The Morgan fingerprint density at radius 1 is 0.500 bits per heavy atom. The van der Waals surface area contributed by atoms with Crippen molar-refractivity contribution in [2.24, 2.45) is 0 Å². The van der Waals surface area contributed by atoms with E-state index >= 15 is 0 Å². The Labute approximate surface area is 165 Å². The lowest BCUT2D eigenvalue weighted by Gasteiger charge is -1.93. The van der Waals surface area contributed by atoms with E-state index in [1.54, 1.807) is 18.2 Å². The number of hydrogen-bond donors (Lipinski definition) is 0. The molecular weight excluding hydrogens is 340 g/mol. The maximum absolute atomic E-state index is 11.0. The molecule has 1 nitrogen and oxygen atoms in total. The Morgan fingerprint density at radius 3 is 1.57 bits per heavy atom. The van der Waals surface area contributed by atoms with Crippen LogP contribution in [-0.4, -0.2) is 6.29 Å². The lowest BCUT2D eigenvalue weighted by molar-refractivity contribution is 0.112. The molecule has 0 aliphatic heterocycles. The quantitative estimate of drug-likeness (QED) is 0.470. The molecule has 0 spiro atoms. The smallest absolute Gasteiger partial charge is 0.151 e. The molecule has 0 bridgehead atoms. The first kappa shape index (κ1) is 18.4. The molecule has 0 N–H and O–H groups in total. The van der Waals surface area contributed by atoms with Gasteiger partial charge in [-0.25, -0.2) is 0 Å². The average Bonchev–Trinajstić information content (AvgIpc) is 2.76. The van der Waals surface area contributed by atoms with Gasteiger partial charge in [0.25, 0.3) is 0 Å². The standard InChI is InChI=1S/C27H14O/c28-22-27-21-11-10-20-26(27)19-9-8-18-25-17-7-6-16-24(25)15-5-4-14-23-12-2-1-3-13-23/h1-3,6-7,10-13,16-17,20-22H. The third kappa shape index (κ3) is 5.28. The number of hydrogen-bond acceptors (Lipinski definition) is 1. The van der Waals surface area contributed by atoms with E-state index in [9.17, 15) is 4.79 Å². The molecular formula is C27H14O. The van der Waals surface area contributed by atoms with Gasteiger partial charge < -0.3 is 0 Å². The number of aldehydes is 1. The Morgan fingerprint density at radius 2 is 0.964 bits per heavy atom. The highest BCUT2D eigenvalue weighted by molar-refractivity contribution is 5.79. The van der Waals surface area contributed by atoms with Crippen LogP contribution in [0.3, 0.4) is 0 Å². The SMILES string of the molecule is O=Cc1ccccc1C#CC#Cc1ccccc1C#CC#Cc1ccccc1. The highest BCUT2D eigenvalue weighted by Crippen LogP contribution is 2.06. The summed E-state index contributed by atoms with van der Waals surface area (Å²) in [5.41, 5.74) is 3.73. The zero-order valence-corrected chi connectivity index (χ0v) is 15.0. The van der Waals surface area contributed by atoms with Gasteiger partial charge in [0.1, 0.15) is 0 Å². The molecule has 0 unspecified atom stereocenters. The topological polar surface area (TPSA) is 17.1 Å². The van der Waals surface area contributed by atoms with Crippen molar-refractivity contribution in [3.63, 3.8) is 0 Å². The highest BCUT2D eigenvalue weighted by Gasteiger charge is 1.95. The molecule has 28 heavy (non-hydrogen) atoms. The highest BCUT2D eigenvalue weighted by atomic mass is 16.1. The van der Waals surface area contributed by atoms with Crippen LogP contribution in [-0.2, 0) is 0 Å². The normalized spacial score (nSPS) is 8.43. The third-order valence-corrected chi connectivity index (χ3v) is 3.71. The van der Waals surface area contributed by atoms with E-state index < -0.39 is 0 Å². The van der Waals surface area contributed by atoms with Gasteiger partial charge in [-0.3, -0.25) is 4.79 Å². The van der Waals surface area contributed by atoms with Crippen molar-refractivity contribution in [3.8, 4) is 47.4 Å². The predicted octanol–water partition coefficient (Wildman–Crippen LogP) is 4.31. The number of rotatable bonds is 1. The fourth-order valence-electron chi connectivity index (χ4n) is 2.34. The molecule has 0 radical (unpaired) electrons. The summed E-state index contributed by atoms with van der Waals surface area (Å²) < 4.78 is 0. The van der Waals surface area contributed by atoms with Crippen LogP contribution in [0.15, 0.2) is 78.9 Å². The maximum Gasteiger partial charge on any atom is 0.151 e. The number of benzene rings is 3. The largest absolute Gasteiger partial charge is 0.298 e. The second-order valence-corrected chi connectivity index (χ2v) is 5.62. The molecule has 0 saturated heterocycles. The molecule has 0 amide bonds. The second-order valence-electron chi connectivity index (χ2n) is 5.62. The summed E-state index contributed by atoms with van der Waals surface area (Å²) in [6.45, 7) is 0. The molecule has 0 fully saturated rings.